The molecule has 8 heteroatoms. The van der Waals surface area contributed by atoms with Gasteiger partial charge in [-0.1, -0.05) is 19.9 Å². The number of benzene rings is 1. The Morgan fingerprint density at radius 3 is 2.62 bits per heavy atom. The van der Waals surface area contributed by atoms with E-state index >= 15 is 0 Å². The molecule has 3 aromatic rings. The molecule has 1 saturated heterocycles. The molecule has 1 fully saturated rings. The van der Waals surface area contributed by atoms with Gasteiger partial charge >= 0.3 is 5.97 Å². The number of piperidine rings is 1. The number of nitrogens with one attached hydrogen (secondary N) is 1. The molecular weight excluding hydrogens is 435 g/mol. The molecular formula is C26H31FN4O3. The van der Waals surface area contributed by atoms with Crippen LogP contribution >= 0.6 is 0 Å². The molecule has 0 saturated carbocycles. The molecule has 0 bridgehead atoms. The van der Waals surface area contributed by atoms with Gasteiger partial charge in [0.25, 0.3) is 5.56 Å². The summed E-state index contributed by atoms with van der Waals surface area (Å²) in [7, 11) is 1.22. The number of nitrogens with zero attached hydrogens (tertiary/aromatic N) is 3. The number of anilines is 2. The fraction of sp³-hybridized carbons (Fsp3) is 0.423. The first-order valence-electron chi connectivity index (χ1n) is 11.5. The Morgan fingerprint density at radius 1 is 1.24 bits per heavy atom. The quantitative estimate of drug-likeness (QED) is 0.548. The average Bonchev–Trinajstić information content (AvgIpc) is 2.78. The number of fused-ring (bicyclic) bond motifs is 1. The first kappa shape index (κ1) is 23.7. The molecule has 1 N–H and O–H groups in total. The van der Waals surface area contributed by atoms with Crippen molar-refractivity contribution in [3.05, 3.63) is 69.4 Å². The minimum atomic E-state index is -0.758. The minimum absolute atomic E-state index is 0.150. The zero-order chi connectivity index (χ0) is 24.6. The van der Waals surface area contributed by atoms with Gasteiger partial charge in [0.05, 0.1) is 18.8 Å². The van der Waals surface area contributed by atoms with Crippen molar-refractivity contribution < 1.29 is 13.9 Å². The second-order valence-electron chi connectivity index (χ2n) is 9.79. The lowest BCUT2D eigenvalue weighted by molar-refractivity contribution is 0.0596. The third-order valence-electron chi connectivity index (χ3n) is 6.60. The maximum absolute atomic E-state index is 14.4. The highest BCUT2D eigenvalue weighted by molar-refractivity contribution is 5.96. The number of carbonyl (C=O) groups is 1. The van der Waals surface area contributed by atoms with Crippen molar-refractivity contribution in [2.45, 2.75) is 46.6 Å². The standard InChI is InChI=1S/C26H31FN4O3/c1-16-13-18(17(2)28-20-8-6-7-19(27)23(20)25(33)34-5)24-29-21(14-22(32)31(24)15-16)30-11-9-26(3,4)10-12-30/h6-8,13-15,17,28H,9-12H2,1-5H3/t17-/m1/s1. The fourth-order valence-corrected chi connectivity index (χ4v) is 4.44. The summed E-state index contributed by atoms with van der Waals surface area (Å²) in [5, 5.41) is 3.22. The van der Waals surface area contributed by atoms with Gasteiger partial charge in [0.1, 0.15) is 22.8 Å². The number of rotatable bonds is 5. The van der Waals surface area contributed by atoms with Gasteiger partial charge < -0.3 is 15.0 Å². The Kier molecular flexibility index (Phi) is 6.34. The lowest BCUT2D eigenvalue weighted by Crippen LogP contribution is -2.38. The Morgan fingerprint density at radius 2 is 1.94 bits per heavy atom. The molecule has 34 heavy (non-hydrogen) atoms. The molecule has 2 aromatic heterocycles. The van der Waals surface area contributed by atoms with Crippen LogP contribution in [0.25, 0.3) is 5.65 Å². The number of methoxy groups -OCH3 is 1. The molecule has 1 aliphatic rings. The van der Waals surface area contributed by atoms with Crippen LogP contribution in [0.3, 0.4) is 0 Å². The zero-order valence-electron chi connectivity index (χ0n) is 20.3. The van der Waals surface area contributed by atoms with Crippen LogP contribution in [-0.4, -0.2) is 35.6 Å². The molecule has 0 aliphatic carbocycles. The van der Waals surface area contributed by atoms with Crippen LogP contribution in [-0.2, 0) is 4.74 Å². The smallest absolute Gasteiger partial charge is 0.342 e. The Hall–Kier alpha value is -3.42. The molecule has 0 radical (unpaired) electrons. The highest BCUT2D eigenvalue weighted by atomic mass is 19.1. The van der Waals surface area contributed by atoms with Crippen LogP contribution < -0.4 is 15.8 Å². The van der Waals surface area contributed by atoms with Gasteiger partial charge in [-0.25, -0.2) is 14.2 Å². The third kappa shape index (κ3) is 4.62. The Balaban J connectivity index is 1.76. The molecule has 1 aliphatic heterocycles. The number of esters is 1. The molecule has 1 atom stereocenters. The second-order valence-corrected chi connectivity index (χ2v) is 9.79. The van der Waals surface area contributed by atoms with Crippen LogP contribution in [0.15, 0.2) is 41.3 Å². The van der Waals surface area contributed by atoms with Crippen LogP contribution in [0.1, 0.15) is 61.1 Å². The number of ether oxygens (including phenoxy) is 1. The number of carbonyl (C=O) groups excluding carboxylic acids is 1. The van der Waals surface area contributed by atoms with E-state index in [9.17, 15) is 14.0 Å². The largest absolute Gasteiger partial charge is 0.465 e. The van der Waals surface area contributed by atoms with Crippen LogP contribution in [0.4, 0.5) is 15.9 Å². The summed E-state index contributed by atoms with van der Waals surface area (Å²) in [5.41, 5.74) is 2.49. The first-order valence-corrected chi connectivity index (χ1v) is 11.5. The highest BCUT2D eigenvalue weighted by Crippen LogP contribution is 2.32. The molecule has 1 aromatic carbocycles. The van der Waals surface area contributed by atoms with Crippen molar-refractivity contribution in [1.82, 2.24) is 9.38 Å². The van der Waals surface area contributed by atoms with E-state index in [0.29, 0.717) is 17.2 Å². The van der Waals surface area contributed by atoms with E-state index in [1.165, 1.54) is 19.2 Å². The lowest BCUT2D eigenvalue weighted by Gasteiger charge is -2.37. The highest BCUT2D eigenvalue weighted by Gasteiger charge is 2.27. The van der Waals surface area contributed by atoms with Crippen LogP contribution in [0.5, 0.6) is 0 Å². The average molecular weight is 467 g/mol. The third-order valence-corrected chi connectivity index (χ3v) is 6.60. The van der Waals surface area contributed by atoms with E-state index in [2.05, 4.69) is 24.1 Å². The number of aromatic nitrogens is 2. The van der Waals surface area contributed by atoms with E-state index in [1.54, 1.807) is 22.7 Å². The van der Waals surface area contributed by atoms with Crippen molar-refractivity contribution in [3.8, 4) is 0 Å². The van der Waals surface area contributed by atoms with E-state index in [0.717, 1.165) is 37.1 Å². The van der Waals surface area contributed by atoms with Gasteiger partial charge in [-0.2, -0.15) is 0 Å². The maximum atomic E-state index is 14.4. The summed E-state index contributed by atoms with van der Waals surface area (Å²) >= 11 is 0. The van der Waals surface area contributed by atoms with Crippen molar-refractivity contribution in [2.24, 2.45) is 5.41 Å². The molecule has 0 unspecified atom stereocenters. The molecule has 180 valence electrons. The van der Waals surface area contributed by atoms with Crippen LogP contribution in [0, 0.1) is 18.2 Å². The molecule has 0 amide bonds. The number of hydrogen-bond donors (Lipinski definition) is 1. The van der Waals surface area contributed by atoms with Gasteiger partial charge in [-0.05, 0) is 55.9 Å². The fourth-order valence-electron chi connectivity index (χ4n) is 4.44. The van der Waals surface area contributed by atoms with Gasteiger partial charge in [0.2, 0.25) is 0 Å². The van der Waals surface area contributed by atoms with Crippen molar-refractivity contribution in [1.29, 1.82) is 0 Å². The topological polar surface area (TPSA) is 75.9 Å². The monoisotopic (exact) mass is 466 g/mol. The minimum Gasteiger partial charge on any atom is -0.465 e. The summed E-state index contributed by atoms with van der Waals surface area (Å²) < 4.78 is 20.7. The van der Waals surface area contributed by atoms with E-state index in [1.807, 2.05) is 19.9 Å². The van der Waals surface area contributed by atoms with Crippen molar-refractivity contribution in [2.75, 3.05) is 30.4 Å². The van der Waals surface area contributed by atoms with Gasteiger partial charge in [-0.15, -0.1) is 0 Å². The summed E-state index contributed by atoms with van der Waals surface area (Å²) in [6.07, 6.45) is 3.83. The Bertz CT molecular complexity index is 1290. The van der Waals surface area contributed by atoms with Gasteiger partial charge in [-0.3, -0.25) is 9.20 Å². The SMILES string of the molecule is COC(=O)c1c(F)cccc1N[C@H](C)c1cc(C)cn2c(=O)cc(N3CCC(C)(C)CC3)nc12. The number of aryl methyl sites for hydroxylation is 1. The van der Waals surface area contributed by atoms with Crippen molar-refractivity contribution >= 4 is 23.1 Å². The molecule has 3 heterocycles. The summed E-state index contributed by atoms with van der Waals surface area (Å²) in [5.74, 6) is -0.756. The first-order chi connectivity index (χ1) is 16.1. The number of halogens is 1. The molecule has 4 rings (SSSR count). The lowest BCUT2D eigenvalue weighted by atomic mass is 9.83. The normalized spacial score (nSPS) is 16.4. The van der Waals surface area contributed by atoms with E-state index in [-0.39, 0.29) is 22.6 Å². The number of hydrogen-bond acceptors (Lipinski definition) is 6. The van der Waals surface area contributed by atoms with E-state index < -0.39 is 11.8 Å². The Labute approximate surface area is 198 Å². The van der Waals surface area contributed by atoms with Crippen LogP contribution in [0.2, 0.25) is 0 Å². The number of pyridine rings is 1. The second kappa shape index (κ2) is 9.08. The van der Waals surface area contributed by atoms with Crippen molar-refractivity contribution in [3.63, 3.8) is 0 Å². The predicted molar refractivity (Wildman–Crippen MR) is 131 cm³/mol. The van der Waals surface area contributed by atoms with Gasteiger partial charge in [0, 0.05) is 30.9 Å². The summed E-state index contributed by atoms with van der Waals surface area (Å²) in [6, 6.07) is 7.56. The predicted octanol–water partition coefficient (Wildman–Crippen LogP) is 4.73. The molecule has 7 nitrogen and oxygen atoms in total. The van der Waals surface area contributed by atoms with E-state index in [4.69, 9.17) is 9.72 Å². The maximum Gasteiger partial charge on any atom is 0.342 e. The summed E-state index contributed by atoms with van der Waals surface area (Å²) in [6.45, 7) is 10.0. The van der Waals surface area contributed by atoms with Gasteiger partial charge in [0.15, 0.2) is 0 Å². The zero-order valence-corrected chi connectivity index (χ0v) is 20.3. The molecule has 0 spiro atoms. The summed E-state index contributed by atoms with van der Waals surface area (Å²) in [4.78, 5) is 32.3.